The van der Waals surface area contributed by atoms with Crippen LogP contribution in [0, 0.1) is 0 Å². The topological polar surface area (TPSA) is 69.2 Å². The van der Waals surface area contributed by atoms with Crippen LogP contribution in [0.4, 0.5) is 27.8 Å². The Kier molecular flexibility index (Phi) is 4.16. The van der Waals surface area contributed by atoms with Gasteiger partial charge in [0, 0.05) is 49.4 Å². The molecule has 0 spiro atoms. The molecule has 2 aromatic rings. The fraction of sp³-hybridized carbons (Fsp3) is 0.600. The van der Waals surface area contributed by atoms with Crippen molar-refractivity contribution in [3.8, 4) is 17.3 Å². The van der Waals surface area contributed by atoms with Gasteiger partial charge in [0.05, 0.1) is 23.9 Å². The van der Waals surface area contributed by atoms with Crippen LogP contribution in [0.25, 0.3) is 11.3 Å². The lowest BCUT2D eigenvalue weighted by Gasteiger charge is -2.74. The Morgan fingerprint density at radius 2 is 1.74 bits per heavy atom. The normalized spacial score (nSPS) is 29.9. The maximum absolute atomic E-state index is 13.5. The first-order chi connectivity index (χ1) is 14.5. The van der Waals surface area contributed by atoms with Crippen LogP contribution in [0.15, 0.2) is 18.5 Å². The van der Waals surface area contributed by atoms with Crippen LogP contribution in [-0.2, 0) is 11.7 Å². The Morgan fingerprint density at radius 3 is 2.32 bits per heavy atom. The number of hydrogen-bond acceptors (Lipinski definition) is 5. The Hall–Kier alpha value is -2.43. The molecule has 2 aromatic heterocycles. The van der Waals surface area contributed by atoms with Gasteiger partial charge in [-0.3, -0.25) is 9.47 Å². The molecule has 6 nitrogen and oxygen atoms in total. The van der Waals surface area contributed by atoms with Crippen molar-refractivity contribution in [2.24, 2.45) is 0 Å². The number of pyridine rings is 1. The highest BCUT2D eigenvalue weighted by Gasteiger charge is 2.72. The largest absolute Gasteiger partial charge is 0.468 e. The molecule has 168 valence electrons. The van der Waals surface area contributed by atoms with Crippen LogP contribution >= 0.6 is 0 Å². The zero-order chi connectivity index (χ0) is 22.2. The molecule has 11 heteroatoms. The molecule has 4 fully saturated rings. The first kappa shape index (κ1) is 20.5. The number of piperidine rings is 1. The number of alkyl halides is 5. The van der Waals surface area contributed by atoms with Crippen molar-refractivity contribution in [2.45, 2.75) is 55.3 Å². The van der Waals surface area contributed by atoms with E-state index in [0.29, 0.717) is 24.8 Å². The van der Waals surface area contributed by atoms with Gasteiger partial charge in [0.1, 0.15) is 5.82 Å². The van der Waals surface area contributed by atoms with Crippen LogP contribution in [0.3, 0.4) is 0 Å². The van der Waals surface area contributed by atoms with Crippen molar-refractivity contribution in [1.29, 1.82) is 0 Å². The average Bonchev–Trinajstić information content (AvgIpc) is 3.04. The van der Waals surface area contributed by atoms with E-state index in [1.165, 1.54) is 13.3 Å². The van der Waals surface area contributed by atoms with Crippen molar-refractivity contribution in [3.63, 3.8) is 0 Å². The Labute approximate surface area is 175 Å². The van der Waals surface area contributed by atoms with E-state index in [-0.39, 0.29) is 29.5 Å². The van der Waals surface area contributed by atoms with Crippen LogP contribution in [0.1, 0.15) is 37.7 Å². The van der Waals surface area contributed by atoms with Crippen LogP contribution in [0.2, 0.25) is 0 Å². The number of methoxy groups -OCH3 is 1. The first-order valence-corrected chi connectivity index (χ1v) is 10.1. The second-order valence-corrected chi connectivity index (χ2v) is 8.96. The predicted molar refractivity (Wildman–Crippen MR) is 102 cm³/mol. The molecule has 0 amide bonds. The molecule has 3 aliphatic carbocycles. The van der Waals surface area contributed by atoms with Gasteiger partial charge in [-0.25, -0.2) is 13.8 Å². The van der Waals surface area contributed by atoms with E-state index >= 15 is 0 Å². The van der Waals surface area contributed by atoms with Crippen LogP contribution in [-0.4, -0.2) is 51.1 Å². The quantitative estimate of drug-likeness (QED) is 0.726. The average molecular weight is 443 g/mol. The summed E-state index contributed by atoms with van der Waals surface area (Å²) in [4.78, 5) is 10.2. The molecule has 0 radical (unpaired) electrons. The van der Waals surface area contributed by atoms with E-state index in [1.54, 1.807) is 6.20 Å². The van der Waals surface area contributed by atoms with Gasteiger partial charge in [0.25, 0.3) is 11.9 Å². The summed E-state index contributed by atoms with van der Waals surface area (Å²) in [6.45, 7) is 0.763. The molecule has 3 heterocycles. The lowest BCUT2D eigenvalue weighted by molar-refractivity contribution is -0.224. The number of nitrogen functional groups attached to an aromatic ring is 1. The van der Waals surface area contributed by atoms with E-state index in [1.807, 2.05) is 4.57 Å². The van der Waals surface area contributed by atoms with Crippen LogP contribution in [0.5, 0.6) is 6.01 Å². The van der Waals surface area contributed by atoms with Crippen LogP contribution < -0.4 is 10.5 Å². The molecule has 2 N–H and O–H groups in total. The molecule has 3 saturated carbocycles. The molecule has 2 bridgehead atoms. The number of nitrogens with zero attached hydrogens (tertiary/aromatic N) is 4. The standard InChI is InChI=1S/C20H22F5N5O/c1-31-16-28-14(12-6-13(20(23,24)25)15(26)27-7-12)8-30(16)18-9-17(10-18,11-18)29-4-2-19(21,22)3-5-29/h6-8H,2-5,9-11H2,1H3,(H2,26,27). The van der Waals surface area contributed by atoms with Gasteiger partial charge >= 0.3 is 6.18 Å². The number of hydrogen-bond donors (Lipinski definition) is 1. The van der Waals surface area contributed by atoms with Gasteiger partial charge < -0.3 is 10.5 Å². The second kappa shape index (κ2) is 6.30. The summed E-state index contributed by atoms with van der Waals surface area (Å²) in [6, 6.07) is 1.24. The van der Waals surface area contributed by atoms with Gasteiger partial charge in [-0.05, 0) is 25.3 Å². The molecular formula is C20H22F5N5O. The number of nitrogens with two attached hydrogens (primary N) is 1. The molecule has 31 heavy (non-hydrogen) atoms. The third kappa shape index (κ3) is 3.07. The Balaban J connectivity index is 1.38. The summed E-state index contributed by atoms with van der Waals surface area (Å²) in [5.74, 6) is -3.17. The summed E-state index contributed by atoms with van der Waals surface area (Å²) >= 11 is 0. The Bertz CT molecular complexity index is 1000. The third-order valence-electron chi connectivity index (χ3n) is 7.03. The van der Waals surface area contributed by atoms with E-state index in [4.69, 9.17) is 10.5 Å². The number of halogens is 5. The summed E-state index contributed by atoms with van der Waals surface area (Å²) in [7, 11) is 1.46. The zero-order valence-electron chi connectivity index (χ0n) is 16.8. The lowest BCUT2D eigenvalue weighted by atomic mass is 9.43. The third-order valence-corrected chi connectivity index (χ3v) is 7.03. The fourth-order valence-electron chi connectivity index (χ4n) is 5.41. The van der Waals surface area contributed by atoms with E-state index in [2.05, 4.69) is 14.9 Å². The number of likely N-dealkylation sites (tertiary alicyclic amines) is 1. The molecular weight excluding hydrogens is 421 g/mol. The molecule has 0 atom stereocenters. The maximum Gasteiger partial charge on any atom is 0.419 e. The second-order valence-electron chi connectivity index (χ2n) is 8.96. The summed E-state index contributed by atoms with van der Waals surface area (Å²) in [6.07, 6.45) is 0.430. The number of rotatable bonds is 4. The van der Waals surface area contributed by atoms with E-state index in [0.717, 1.165) is 25.3 Å². The number of imidazole rings is 1. The number of ether oxygens (including phenoxy) is 1. The minimum atomic E-state index is -4.62. The molecule has 1 saturated heterocycles. The Morgan fingerprint density at radius 1 is 1.10 bits per heavy atom. The van der Waals surface area contributed by atoms with Gasteiger partial charge in [-0.2, -0.15) is 18.2 Å². The molecule has 0 aromatic carbocycles. The van der Waals surface area contributed by atoms with Crippen molar-refractivity contribution < 1.29 is 26.7 Å². The zero-order valence-corrected chi connectivity index (χ0v) is 16.8. The number of aromatic nitrogens is 3. The molecule has 6 rings (SSSR count). The summed E-state index contributed by atoms with van der Waals surface area (Å²) in [5.41, 5.74) is 4.57. The van der Waals surface area contributed by atoms with Gasteiger partial charge in [-0.1, -0.05) is 0 Å². The minimum absolute atomic E-state index is 0.0713. The fourth-order valence-corrected chi connectivity index (χ4v) is 5.41. The van der Waals surface area contributed by atoms with Crippen molar-refractivity contribution in [2.75, 3.05) is 25.9 Å². The van der Waals surface area contributed by atoms with E-state index < -0.39 is 23.5 Å². The summed E-state index contributed by atoms with van der Waals surface area (Å²) < 4.78 is 73.8. The van der Waals surface area contributed by atoms with Crippen molar-refractivity contribution >= 4 is 5.82 Å². The van der Waals surface area contributed by atoms with Gasteiger partial charge in [0.15, 0.2) is 0 Å². The lowest BCUT2D eigenvalue weighted by Crippen LogP contribution is -2.79. The highest BCUT2D eigenvalue weighted by molar-refractivity contribution is 5.62. The molecule has 1 aliphatic heterocycles. The van der Waals surface area contributed by atoms with Crippen molar-refractivity contribution in [3.05, 3.63) is 24.0 Å². The monoisotopic (exact) mass is 443 g/mol. The number of anilines is 1. The minimum Gasteiger partial charge on any atom is -0.468 e. The highest BCUT2D eigenvalue weighted by atomic mass is 19.4. The van der Waals surface area contributed by atoms with Crippen molar-refractivity contribution in [1.82, 2.24) is 19.4 Å². The maximum atomic E-state index is 13.5. The highest BCUT2D eigenvalue weighted by Crippen LogP contribution is 2.69. The molecule has 0 unspecified atom stereocenters. The summed E-state index contributed by atoms with van der Waals surface area (Å²) in [5, 5.41) is 0. The first-order valence-electron chi connectivity index (χ1n) is 10.1. The van der Waals surface area contributed by atoms with Gasteiger partial charge in [0.2, 0.25) is 0 Å². The predicted octanol–water partition coefficient (Wildman–Crippen LogP) is 3.92. The smallest absolute Gasteiger partial charge is 0.419 e. The SMILES string of the molecule is COc1nc(-c2cnc(N)c(C(F)(F)F)c2)cn1C12CC(N3CCC(F)(F)CC3)(C1)C2. The van der Waals surface area contributed by atoms with Gasteiger partial charge in [-0.15, -0.1) is 0 Å². The van der Waals surface area contributed by atoms with E-state index in [9.17, 15) is 22.0 Å². The molecule has 4 aliphatic rings.